The van der Waals surface area contributed by atoms with Gasteiger partial charge in [-0.3, -0.25) is 9.59 Å². The van der Waals surface area contributed by atoms with E-state index in [0.29, 0.717) is 24.5 Å². The van der Waals surface area contributed by atoms with Crippen molar-refractivity contribution in [2.24, 2.45) is 0 Å². The van der Waals surface area contributed by atoms with Crippen LogP contribution >= 0.6 is 0 Å². The van der Waals surface area contributed by atoms with E-state index in [2.05, 4.69) is 17.2 Å². The number of carbonyl (C=O) groups excluding carboxylic acids is 2. The van der Waals surface area contributed by atoms with Crippen LogP contribution in [0.4, 0.5) is 0 Å². The molecule has 0 unspecified atom stereocenters. The lowest BCUT2D eigenvalue weighted by atomic mass is 10.2. The molecule has 1 heterocycles. The van der Waals surface area contributed by atoms with Crippen LogP contribution < -0.4 is 15.4 Å². The first kappa shape index (κ1) is 17.0. The molecular weight excluding hydrogens is 296 g/mol. The minimum atomic E-state index is -0.318. The molecule has 0 spiro atoms. The molecular formula is C17H22N2O4. The second-order valence-corrected chi connectivity index (χ2v) is 5.25. The molecule has 6 heteroatoms. The smallest absolute Gasteiger partial charge is 0.251 e. The van der Waals surface area contributed by atoms with Crippen molar-refractivity contribution in [3.63, 3.8) is 0 Å². The first-order chi connectivity index (χ1) is 11.2. The first-order valence-corrected chi connectivity index (χ1v) is 7.69. The average Bonchev–Trinajstić information content (AvgIpc) is 3.09. The summed E-state index contributed by atoms with van der Waals surface area (Å²) in [5, 5.41) is 5.16. The zero-order valence-electron chi connectivity index (χ0n) is 13.0. The number of amides is 2. The summed E-state index contributed by atoms with van der Waals surface area (Å²) < 4.78 is 11.2. The summed E-state index contributed by atoms with van der Waals surface area (Å²) >= 11 is 0. The number of hydrogen-bond donors (Lipinski definition) is 2. The largest absolute Gasteiger partial charge is 0.491 e. The number of hydrogen-bond acceptors (Lipinski definition) is 4. The average molecular weight is 318 g/mol. The number of ether oxygens (including phenoxy) is 2. The molecule has 1 saturated heterocycles. The van der Waals surface area contributed by atoms with Gasteiger partial charge in [0.1, 0.15) is 12.4 Å². The zero-order chi connectivity index (χ0) is 16.5. The fourth-order valence-corrected chi connectivity index (χ4v) is 2.20. The maximum atomic E-state index is 12.0. The maximum absolute atomic E-state index is 12.0. The molecule has 0 aliphatic carbocycles. The van der Waals surface area contributed by atoms with Gasteiger partial charge in [0.25, 0.3) is 5.91 Å². The van der Waals surface area contributed by atoms with Crippen molar-refractivity contribution in [2.45, 2.75) is 18.9 Å². The van der Waals surface area contributed by atoms with Crippen LogP contribution in [0.25, 0.3) is 0 Å². The summed E-state index contributed by atoms with van der Waals surface area (Å²) in [5.41, 5.74) is 0.450. The van der Waals surface area contributed by atoms with Crippen LogP contribution in [0.15, 0.2) is 36.9 Å². The molecule has 1 aliphatic heterocycles. The molecule has 2 amide bonds. The van der Waals surface area contributed by atoms with Gasteiger partial charge < -0.3 is 20.1 Å². The number of rotatable bonds is 8. The normalized spacial score (nSPS) is 16.6. The predicted octanol–water partition coefficient (Wildman–Crippen LogP) is 1.28. The molecule has 0 aromatic heterocycles. The summed E-state index contributed by atoms with van der Waals surface area (Å²) in [5.74, 6) is 0.0367. The maximum Gasteiger partial charge on any atom is 0.251 e. The Labute approximate surface area is 135 Å². The van der Waals surface area contributed by atoms with E-state index >= 15 is 0 Å². The lowest BCUT2D eigenvalue weighted by molar-refractivity contribution is -0.119. The third kappa shape index (κ3) is 5.75. The summed E-state index contributed by atoms with van der Waals surface area (Å²) in [6.07, 6.45) is 3.76. The molecule has 1 fully saturated rings. The molecule has 0 bridgehead atoms. The Morgan fingerprint density at radius 1 is 1.39 bits per heavy atom. The zero-order valence-corrected chi connectivity index (χ0v) is 13.0. The van der Waals surface area contributed by atoms with Gasteiger partial charge in [-0.15, -0.1) is 6.58 Å². The number of carbonyl (C=O) groups is 2. The van der Waals surface area contributed by atoms with E-state index in [-0.39, 0.29) is 24.5 Å². The number of benzene rings is 1. The fraction of sp³-hybridized carbons (Fsp3) is 0.412. The minimum absolute atomic E-state index is 0.0757. The third-order valence-electron chi connectivity index (χ3n) is 3.41. The van der Waals surface area contributed by atoms with Gasteiger partial charge in [-0.1, -0.05) is 12.1 Å². The van der Waals surface area contributed by atoms with Gasteiger partial charge in [0.05, 0.1) is 12.6 Å². The molecule has 1 aromatic carbocycles. The van der Waals surface area contributed by atoms with E-state index in [1.54, 1.807) is 30.3 Å². The third-order valence-corrected chi connectivity index (χ3v) is 3.41. The quantitative estimate of drug-likeness (QED) is 0.708. The highest BCUT2D eigenvalue weighted by atomic mass is 16.5. The summed E-state index contributed by atoms with van der Waals surface area (Å²) in [4.78, 5) is 23.5. The van der Waals surface area contributed by atoms with Gasteiger partial charge in [0.2, 0.25) is 5.91 Å². The van der Waals surface area contributed by atoms with E-state index in [4.69, 9.17) is 9.47 Å². The van der Waals surface area contributed by atoms with E-state index in [1.165, 1.54) is 0 Å². The Bertz CT molecular complexity index is 553. The highest BCUT2D eigenvalue weighted by Crippen LogP contribution is 2.17. The second kappa shape index (κ2) is 8.95. The molecule has 1 aliphatic rings. The highest BCUT2D eigenvalue weighted by molar-refractivity contribution is 5.96. The van der Waals surface area contributed by atoms with Gasteiger partial charge in [-0.2, -0.15) is 0 Å². The molecule has 23 heavy (non-hydrogen) atoms. The predicted molar refractivity (Wildman–Crippen MR) is 86.5 cm³/mol. The van der Waals surface area contributed by atoms with Gasteiger partial charge in [-0.05, 0) is 31.0 Å². The van der Waals surface area contributed by atoms with Gasteiger partial charge in [-0.25, -0.2) is 0 Å². The monoisotopic (exact) mass is 318 g/mol. The SMILES string of the molecule is C=CCNC(=O)CNC(=O)c1cccc(OC[C@@H]2CCCO2)c1. The lowest BCUT2D eigenvalue weighted by Crippen LogP contribution is -2.36. The molecule has 124 valence electrons. The van der Waals surface area contributed by atoms with Crippen molar-refractivity contribution in [3.05, 3.63) is 42.5 Å². The highest BCUT2D eigenvalue weighted by Gasteiger charge is 2.16. The Hall–Kier alpha value is -2.34. The van der Waals surface area contributed by atoms with Crippen LogP contribution in [-0.4, -0.2) is 44.2 Å². The van der Waals surface area contributed by atoms with Crippen LogP contribution in [0.3, 0.4) is 0 Å². The summed E-state index contributed by atoms with van der Waals surface area (Å²) in [6, 6.07) is 6.88. The number of nitrogens with one attached hydrogen (secondary N) is 2. The van der Waals surface area contributed by atoms with Crippen molar-refractivity contribution < 1.29 is 19.1 Å². The van der Waals surface area contributed by atoms with E-state index < -0.39 is 0 Å². The summed E-state index contributed by atoms with van der Waals surface area (Å²) in [7, 11) is 0. The molecule has 1 atom stereocenters. The molecule has 2 N–H and O–H groups in total. The standard InChI is InChI=1S/C17H22N2O4/c1-2-8-18-16(20)11-19-17(21)13-5-3-6-14(10-13)23-12-15-7-4-9-22-15/h2-3,5-6,10,15H,1,4,7-9,11-12H2,(H,18,20)(H,19,21)/t15-/m0/s1. The molecule has 0 saturated carbocycles. The fourth-order valence-electron chi connectivity index (χ4n) is 2.20. The van der Waals surface area contributed by atoms with Crippen LogP contribution in [0.1, 0.15) is 23.2 Å². The molecule has 0 radical (unpaired) electrons. The Balaban J connectivity index is 1.81. The molecule has 2 rings (SSSR count). The van der Waals surface area contributed by atoms with Crippen molar-refractivity contribution >= 4 is 11.8 Å². The van der Waals surface area contributed by atoms with E-state index in [9.17, 15) is 9.59 Å². The summed E-state index contributed by atoms with van der Waals surface area (Å²) in [6.45, 7) is 5.07. The van der Waals surface area contributed by atoms with Gasteiger partial charge >= 0.3 is 0 Å². The van der Waals surface area contributed by atoms with E-state index in [1.807, 2.05) is 0 Å². The Morgan fingerprint density at radius 3 is 3.00 bits per heavy atom. The van der Waals surface area contributed by atoms with E-state index in [0.717, 1.165) is 19.4 Å². The topological polar surface area (TPSA) is 76.7 Å². The van der Waals surface area contributed by atoms with Crippen LogP contribution in [0.2, 0.25) is 0 Å². The first-order valence-electron chi connectivity index (χ1n) is 7.69. The minimum Gasteiger partial charge on any atom is -0.491 e. The van der Waals surface area contributed by atoms with Crippen molar-refractivity contribution in [1.29, 1.82) is 0 Å². The molecule has 6 nitrogen and oxygen atoms in total. The Kier molecular flexibility index (Phi) is 6.62. The Morgan fingerprint density at radius 2 is 2.26 bits per heavy atom. The van der Waals surface area contributed by atoms with Crippen LogP contribution in [0, 0.1) is 0 Å². The van der Waals surface area contributed by atoms with Gasteiger partial charge in [0.15, 0.2) is 0 Å². The van der Waals surface area contributed by atoms with Crippen molar-refractivity contribution in [2.75, 3.05) is 26.3 Å². The van der Waals surface area contributed by atoms with Crippen LogP contribution in [-0.2, 0) is 9.53 Å². The van der Waals surface area contributed by atoms with Crippen LogP contribution in [0.5, 0.6) is 5.75 Å². The van der Waals surface area contributed by atoms with Crippen molar-refractivity contribution in [3.8, 4) is 5.75 Å². The second-order valence-electron chi connectivity index (χ2n) is 5.25. The van der Waals surface area contributed by atoms with Gasteiger partial charge in [0, 0.05) is 18.7 Å². The lowest BCUT2D eigenvalue weighted by Gasteiger charge is -2.12. The molecule has 1 aromatic rings. The van der Waals surface area contributed by atoms with Crippen molar-refractivity contribution in [1.82, 2.24) is 10.6 Å².